The highest BCUT2D eigenvalue weighted by Crippen LogP contribution is 2.48. The number of aromatic nitrogens is 2. The molecule has 0 unspecified atom stereocenters. The van der Waals surface area contributed by atoms with Crippen molar-refractivity contribution in [2.45, 2.75) is 31.3 Å². The summed E-state index contributed by atoms with van der Waals surface area (Å²) in [6.07, 6.45) is 7.25. The van der Waals surface area contributed by atoms with E-state index in [-0.39, 0.29) is 5.91 Å². The first-order chi connectivity index (χ1) is 12.7. The number of imidazole rings is 1. The number of benzene rings is 2. The number of carbonyl (C=O) groups is 1. The Kier molecular flexibility index (Phi) is 4.51. The van der Waals surface area contributed by atoms with Crippen molar-refractivity contribution in [3.63, 3.8) is 0 Å². The topological polar surface area (TPSA) is 46.9 Å². The third kappa shape index (κ3) is 3.37. The number of nitrogens with one attached hydrogen (secondary N) is 1. The molecular weight excluding hydrogens is 346 g/mol. The third-order valence-electron chi connectivity index (χ3n) is 5.03. The first kappa shape index (κ1) is 16.9. The van der Waals surface area contributed by atoms with Gasteiger partial charge in [-0.25, -0.2) is 4.98 Å². The number of hydrogen-bond acceptors (Lipinski definition) is 2. The van der Waals surface area contributed by atoms with Crippen LogP contribution in [-0.4, -0.2) is 15.5 Å². The van der Waals surface area contributed by atoms with Crippen LogP contribution in [0.1, 0.15) is 29.5 Å². The Morgan fingerprint density at radius 1 is 1.15 bits per heavy atom. The summed E-state index contributed by atoms with van der Waals surface area (Å²) in [7, 11) is 0. The maximum Gasteiger partial charge on any atom is 0.230 e. The van der Waals surface area contributed by atoms with Gasteiger partial charge in [-0.2, -0.15) is 0 Å². The summed E-state index contributed by atoms with van der Waals surface area (Å²) in [5.41, 5.74) is 2.90. The van der Waals surface area contributed by atoms with Gasteiger partial charge in [0.15, 0.2) is 0 Å². The smallest absolute Gasteiger partial charge is 0.230 e. The SMILES string of the molecule is O=C(NCc1ccccc1Cn1ccnc1)C1(c2cccc(Cl)c2)CC1. The highest BCUT2D eigenvalue weighted by atomic mass is 35.5. The normalized spacial score (nSPS) is 14.8. The van der Waals surface area contributed by atoms with Gasteiger partial charge in [0.1, 0.15) is 0 Å². The second-order valence-electron chi connectivity index (χ2n) is 6.78. The van der Waals surface area contributed by atoms with E-state index in [0.29, 0.717) is 11.6 Å². The van der Waals surface area contributed by atoms with Crippen LogP contribution in [0.4, 0.5) is 0 Å². The number of halogens is 1. The summed E-state index contributed by atoms with van der Waals surface area (Å²) in [5, 5.41) is 3.81. The Morgan fingerprint density at radius 3 is 2.65 bits per heavy atom. The van der Waals surface area contributed by atoms with E-state index in [0.717, 1.165) is 30.5 Å². The fourth-order valence-corrected chi connectivity index (χ4v) is 3.55. The minimum atomic E-state index is -0.413. The molecule has 0 spiro atoms. The van der Waals surface area contributed by atoms with Crippen LogP contribution in [0.5, 0.6) is 0 Å². The molecule has 1 aliphatic rings. The molecule has 1 fully saturated rings. The van der Waals surface area contributed by atoms with Crippen LogP contribution in [0.15, 0.2) is 67.3 Å². The van der Waals surface area contributed by atoms with Crippen molar-refractivity contribution in [3.05, 3.63) is 89.0 Å². The van der Waals surface area contributed by atoms with E-state index >= 15 is 0 Å². The molecule has 0 aliphatic heterocycles. The van der Waals surface area contributed by atoms with Crippen LogP contribution in [0.3, 0.4) is 0 Å². The number of carbonyl (C=O) groups excluding carboxylic acids is 1. The molecule has 3 aromatic rings. The molecule has 0 saturated heterocycles. The monoisotopic (exact) mass is 365 g/mol. The second kappa shape index (κ2) is 6.96. The fraction of sp³-hybridized carbons (Fsp3) is 0.238. The Labute approximate surface area is 157 Å². The minimum Gasteiger partial charge on any atom is -0.351 e. The van der Waals surface area contributed by atoms with Gasteiger partial charge in [0, 0.05) is 30.5 Å². The van der Waals surface area contributed by atoms with Gasteiger partial charge in [-0.05, 0) is 41.7 Å². The van der Waals surface area contributed by atoms with E-state index in [2.05, 4.69) is 22.4 Å². The van der Waals surface area contributed by atoms with Crippen molar-refractivity contribution >= 4 is 17.5 Å². The highest BCUT2D eigenvalue weighted by Gasteiger charge is 2.51. The Hall–Kier alpha value is -2.59. The number of amides is 1. The van der Waals surface area contributed by atoms with Crippen molar-refractivity contribution in [1.29, 1.82) is 0 Å². The number of hydrogen-bond donors (Lipinski definition) is 1. The Bertz CT molecular complexity index is 917. The highest BCUT2D eigenvalue weighted by molar-refractivity contribution is 6.30. The van der Waals surface area contributed by atoms with E-state index in [4.69, 9.17) is 11.6 Å². The molecular formula is C21H20ClN3O. The van der Waals surface area contributed by atoms with Crippen molar-refractivity contribution in [2.75, 3.05) is 0 Å². The van der Waals surface area contributed by atoms with Crippen LogP contribution in [0.2, 0.25) is 5.02 Å². The average molecular weight is 366 g/mol. The first-order valence-electron chi connectivity index (χ1n) is 8.74. The Balaban J connectivity index is 1.47. The van der Waals surface area contributed by atoms with Crippen molar-refractivity contribution in [3.8, 4) is 0 Å². The molecule has 4 nitrogen and oxygen atoms in total. The van der Waals surface area contributed by atoms with Crippen LogP contribution in [0.25, 0.3) is 0 Å². The summed E-state index contributed by atoms with van der Waals surface area (Å²) in [4.78, 5) is 17.0. The van der Waals surface area contributed by atoms with Gasteiger partial charge < -0.3 is 9.88 Å². The largest absolute Gasteiger partial charge is 0.351 e. The molecule has 1 aromatic heterocycles. The molecule has 0 bridgehead atoms. The quantitative estimate of drug-likeness (QED) is 0.719. The van der Waals surface area contributed by atoms with Crippen molar-refractivity contribution in [1.82, 2.24) is 14.9 Å². The predicted octanol–water partition coefficient (Wildman–Crippen LogP) is 3.93. The molecule has 1 N–H and O–H groups in total. The molecule has 1 aliphatic carbocycles. The van der Waals surface area contributed by atoms with Crippen molar-refractivity contribution in [2.24, 2.45) is 0 Å². The molecule has 1 saturated carbocycles. The number of rotatable bonds is 6. The molecule has 26 heavy (non-hydrogen) atoms. The van der Waals surface area contributed by atoms with Crippen molar-refractivity contribution < 1.29 is 4.79 Å². The van der Waals surface area contributed by atoms with Gasteiger partial charge >= 0.3 is 0 Å². The first-order valence-corrected chi connectivity index (χ1v) is 9.12. The van der Waals surface area contributed by atoms with Gasteiger partial charge in [0.05, 0.1) is 11.7 Å². The van der Waals surface area contributed by atoms with E-state index in [1.54, 1.807) is 12.5 Å². The van der Waals surface area contributed by atoms with E-state index in [9.17, 15) is 4.79 Å². The van der Waals surface area contributed by atoms with Gasteiger partial charge in [0.25, 0.3) is 0 Å². The molecule has 132 valence electrons. The molecule has 1 amide bonds. The number of nitrogens with zero attached hydrogens (tertiary/aromatic N) is 2. The zero-order valence-electron chi connectivity index (χ0n) is 14.4. The van der Waals surface area contributed by atoms with Crippen LogP contribution in [-0.2, 0) is 23.3 Å². The predicted molar refractivity (Wildman–Crippen MR) is 102 cm³/mol. The minimum absolute atomic E-state index is 0.0807. The van der Waals surface area contributed by atoms with E-state index in [1.807, 2.05) is 47.2 Å². The van der Waals surface area contributed by atoms with Gasteiger partial charge in [-0.1, -0.05) is 48.0 Å². The van der Waals surface area contributed by atoms with Gasteiger partial charge in [-0.15, -0.1) is 0 Å². The lowest BCUT2D eigenvalue weighted by molar-refractivity contribution is -0.123. The van der Waals surface area contributed by atoms with Gasteiger partial charge in [0.2, 0.25) is 5.91 Å². The zero-order valence-corrected chi connectivity index (χ0v) is 15.1. The fourth-order valence-electron chi connectivity index (χ4n) is 3.36. The maximum absolute atomic E-state index is 12.9. The summed E-state index contributed by atoms with van der Waals surface area (Å²) in [6, 6.07) is 15.8. The lowest BCUT2D eigenvalue weighted by atomic mass is 9.95. The average Bonchev–Trinajstić information content (AvgIpc) is 3.32. The Morgan fingerprint density at radius 2 is 1.96 bits per heavy atom. The summed E-state index contributed by atoms with van der Waals surface area (Å²) in [6.45, 7) is 1.26. The van der Waals surface area contributed by atoms with Crippen LogP contribution < -0.4 is 5.32 Å². The van der Waals surface area contributed by atoms with E-state index in [1.165, 1.54) is 5.56 Å². The molecule has 5 heteroatoms. The standard InChI is InChI=1S/C21H20ClN3O/c22-19-7-3-6-18(12-19)21(8-9-21)20(26)24-13-16-4-1-2-5-17(16)14-25-11-10-23-15-25/h1-7,10-12,15H,8-9,13-14H2,(H,24,26). The molecule has 0 atom stereocenters. The zero-order chi connectivity index (χ0) is 18.0. The summed E-state index contributed by atoms with van der Waals surface area (Å²) >= 11 is 6.11. The summed E-state index contributed by atoms with van der Waals surface area (Å²) in [5.74, 6) is 0.0807. The second-order valence-corrected chi connectivity index (χ2v) is 7.22. The van der Waals surface area contributed by atoms with Gasteiger partial charge in [-0.3, -0.25) is 4.79 Å². The van der Waals surface area contributed by atoms with E-state index < -0.39 is 5.41 Å². The lowest BCUT2D eigenvalue weighted by Crippen LogP contribution is -2.34. The maximum atomic E-state index is 12.9. The molecule has 4 rings (SSSR count). The summed E-state index contributed by atoms with van der Waals surface area (Å²) < 4.78 is 2.02. The van der Waals surface area contributed by atoms with Crippen LogP contribution in [0, 0.1) is 0 Å². The molecule has 0 radical (unpaired) electrons. The third-order valence-corrected chi connectivity index (χ3v) is 5.27. The van der Waals surface area contributed by atoms with Crippen LogP contribution >= 0.6 is 11.6 Å². The lowest BCUT2D eigenvalue weighted by Gasteiger charge is -2.17. The molecule has 2 aromatic carbocycles. The molecule has 1 heterocycles.